The van der Waals surface area contributed by atoms with E-state index < -0.39 is 17.9 Å². The lowest BCUT2D eigenvalue weighted by molar-refractivity contribution is -0.138. The van der Waals surface area contributed by atoms with E-state index in [1.807, 2.05) is 19.9 Å². The summed E-state index contributed by atoms with van der Waals surface area (Å²) >= 11 is 0. The Morgan fingerprint density at radius 3 is 2.37 bits per heavy atom. The molecule has 0 bridgehead atoms. The van der Waals surface area contributed by atoms with E-state index in [4.69, 9.17) is 0 Å². The zero-order valence-corrected chi connectivity index (χ0v) is 11.2. The van der Waals surface area contributed by atoms with Crippen molar-refractivity contribution in [2.75, 3.05) is 6.54 Å². The van der Waals surface area contributed by atoms with Crippen molar-refractivity contribution in [3.63, 3.8) is 0 Å². The fourth-order valence-electron chi connectivity index (χ4n) is 2.23. The maximum atomic E-state index is 12.4. The molecule has 1 atom stereocenters. The number of hydrogen-bond acceptors (Lipinski definition) is 3. The predicted molar refractivity (Wildman–Crippen MR) is 69.6 cm³/mol. The Bertz CT molecular complexity index is 546. The number of carbonyl (C=O) groups excluding carboxylic acids is 3. The maximum absolute atomic E-state index is 12.4. The lowest BCUT2D eigenvalue weighted by Crippen LogP contribution is -2.58. The highest BCUT2D eigenvalue weighted by Gasteiger charge is 2.33. The van der Waals surface area contributed by atoms with E-state index in [-0.39, 0.29) is 12.5 Å². The van der Waals surface area contributed by atoms with Gasteiger partial charge in [-0.1, -0.05) is 17.2 Å². The van der Waals surface area contributed by atoms with Crippen LogP contribution in [0.1, 0.15) is 28.4 Å². The van der Waals surface area contributed by atoms with Crippen molar-refractivity contribution in [3.8, 4) is 0 Å². The van der Waals surface area contributed by atoms with Crippen LogP contribution in [0.4, 0.5) is 0 Å². The molecule has 1 N–H and O–H groups in total. The normalized spacial score (nSPS) is 19.3. The molecule has 0 spiro atoms. The van der Waals surface area contributed by atoms with Gasteiger partial charge < -0.3 is 4.90 Å². The molecular formula is C14H16N2O3. The number of nitrogens with zero attached hydrogens (tertiary/aromatic N) is 1. The molecule has 1 saturated heterocycles. The molecule has 5 nitrogen and oxygen atoms in total. The number of hydrogen-bond donors (Lipinski definition) is 1. The minimum absolute atomic E-state index is 0.0846. The molecule has 0 radical (unpaired) electrons. The van der Waals surface area contributed by atoms with Crippen LogP contribution in [0.25, 0.3) is 0 Å². The van der Waals surface area contributed by atoms with Crippen molar-refractivity contribution in [2.24, 2.45) is 0 Å². The Balaban J connectivity index is 2.32. The van der Waals surface area contributed by atoms with Crippen LogP contribution in [0.2, 0.25) is 0 Å². The first-order valence-electron chi connectivity index (χ1n) is 6.11. The van der Waals surface area contributed by atoms with Gasteiger partial charge in [-0.05, 0) is 32.9 Å². The van der Waals surface area contributed by atoms with Crippen molar-refractivity contribution in [1.82, 2.24) is 10.2 Å². The van der Waals surface area contributed by atoms with Crippen molar-refractivity contribution in [3.05, 3.63) is 34.9 Å². The van der Waals surface area contributed by atoms with Crippen LogP contribution in [-0.2, 0) is 9.59 Å². The van der Waals surface area contributed by atoms with E-state index in [2.05, 4.69) is 5.32 Å². The number of nitrogens with one attached hydrogen (secondary N) is 1. The second kappa shape index (κ2) is 4.84. The molecule has 1 aromatic carbocycles. The first-order chi connectivity index (χ1) is 8.88. The van der Waals surface area contributed by atoms with Gasteiger partial charge in [-0.15, -0.1) is 0 Å². The summed E-state index contributed by atoms with van der Waals surface area (Å²) in [6, 6.07) is 4.86. The SMILES string of the molecule is Cc1cc(C)cc(C(=O)N2CC(=O)NC(=O)C2C)c1. The largest absolute Gasteiger partial charge is 0.318 e. The molecule has 0 aromatic heterocycles. The average molecular weight is 260 g/mol. The third-order valence-electron chi connectivity index (χ3n) is 3.15. The standard InChI is InChI=1S/C14H16N2O3/c1-8-4-9(2)6-11(5-8)14(19)16-7-12(17)15-13(18)10(16)3/h4-6,10H,7H2,1-3H3,(H,15,17,18). The van der Waals surface area contributed by atoms with Crippen LogP contribution in [0, 0.1) is 13.8 Å². The minimum atomic E-state index is -0.633. The number of piperazine rings is 1. The van der Waals surface area contributed by atoms with Gasteiger partial charge in [0.1, 0.15) is 12.6 Å². The van der Waals surface area contributed by atoms with Gasteiger partial charge in [0.05, 0.1) is 0 Å². The van der Waals surface area contributed by atoms with Crippen molar-refractivity contribution < 1.29 is 14.4 Å². The van der Waals surface area contributed by atoms with Crippen LogP contribution < -0.4 is 5.32 Å². The minimum Gasteiger partial charge on any atom is -0.318 e. The van der Waals surface area contributed by atoms with Gasteiger partial charge in [0, 0.05) is 5.56 Å². The lowest BCUT2D eigenvalue weighted by atomic mass is 10.0. The summed E-state index contributed by atoms with van der Waals surface area (Å²) < 4.78 is 0. The summed E-state index contributed by atoms with van der Waals surface area (Å²) in [6.07, 6.45) is 0. The Labute approximate surface area is 111 Å². The smallest absolute Gasteiger partial charge is 0.255 e. The zero-order valence-electron chi connectivity index (χ0n) is 11.2. The predicted octanol–water partition coefficient (Wildman–Crippen LogP) is 0.791. The molecule has 1 unspecified atom stereocenters. The number of aryl methyl sites for hydroxylation is 2. The molecule has 1 fully saturated rings. The number of amides is 3. The number of imide groups is 1. The van der Waals surface area contributed by atoms with Gasteiger partial charge in [0.2, 0.25) is 11.8 Å². The van der Waals surface area contributed by atoms with E-state index >= 15 is 0 Å². The fraction of sp³-hybridized carbons (Fsp3) is 0.357. The van der Waals surface area contributed by atoms with Gasteiger partial charge in [-0.25, -0.2) is 0 Å². The van der Waals surface area contributed by atoms with E-state index in [0.717, 1.165) is 11.1 Å². The molecule has 1 heterocycles. The summed E-state index contributed by atoms with van der Waals surface area (Å²) in [4.78, 5) is 36.6. The lowest BCUT2D eigenvalue weighted by Gasteiger charge is -2.31. The highest BCUT2D eigenvalue weighted by molar-refractivity contribution is 6.07. The Morgan fingerprint density at radius 1 is 1.21 bits per heavy atom. The average Bonchev–Trinajstić information content (AvgIpc) is 2.31. The molecule has 5 heteroatoms. The summed E-state index contributed by atoms with van der Waals surface area (Å²) in [5.41, 5.74) is 2.46. The molecule has 19 heavy (non-hydrogen) atoms. The highest BCUT2D eigenvalue weighted by Crippen LogP contribution is 2.15. The topological polar surface area (TPSA) is 66.5 Å². The molecule has 0 aliphatic carbocycles. The van der Waals surface area contributed by atoms with Crippen molar-refractivity contribution in [1.29, 1.82) is 0 Å². The number of benzene rings is 1. The first-order valence-corrected chi connectivity index (χ1v) is 6.11. The monoisotopic (exact) mass is 260 g/mol. The van der Waals surface area contributed by atoms with Crippen molar-refractivity contribution >= 4 is 17.7 Å². The van der Waals surface area contributed by atoms with Crippen LogP contribution >= 0.6 is 0 Å². The maximum Gasteiger partial charge on any atom is 0.255 e. The first kappa shape index (κ1) is 13.3. The summed E-state index contributed by atoms with van der Waals surface area (Å²) in [5.74, 6) is -1.17. The van der Waals surface area contributed by atoms with Crippen molar-refractivity contribution in [2.45, 2.75) is 26.8 Å². The fourth-order valence-corrected chi connectivity index (χ4v) is 2.23. The molecule has 1 aromatic rings. The Morgan fingerprint density at radius 2 is 1.79 bits per heavy atom. The third-order valence-corrected chi connectivity index (χ3v) is 3.15. The highest BCUT2D eigenvalue weighted by atomic mass is 16.2. The second-order valence-corrected chi connectivity index (χ2v) is 4.90. The number of rotatable bonds is 1. The summed E-state index contributed by atoms with van der Waals surface area (Å²) in [7, 11) is 0. The zero-order chi connectivity index (χ0) is 14.2. The van der Waals surface area contributed by atoms with Crippen LogP contribution in [-0.4, -0.2) is 35.2 Å². The van der Waals surface area contributed by atoms with Gasteiger partial charge in [-0.2, -0.15) is 0 Å². The Hall–Kier alpha value is -2.17. The summed E-state index contributed by atoms with van der Waals surface area (Å²) in [5, 5.41) is 2.22. The summed E-state index contributed by atoms with van der Waals surface area (Å²) in [6.45, 7) is 5.34. The molecule has 2 rings (SSSR count). The van der Waals surface area contributed by atoms with E-state index in [1.54, 1.807) is 19.1 Å². The molecule has 1 aliphatic heterocycles. The second-order valence-electron chi connectivity index (χ2n) is 4.90. The van der Waals surface area contributed by atoms with Gasteiger partial charge in [-0.3, -0.25) is 19.7 Å². The molecule has 3 amide bonds. The molecular weight excluding hydrogens is 244 g/mol. The molecule has 0 saturated carbocycles. The van der Waals surface area contributed by atoms with Crippen LogP contribution in [0.3, 0.4) is 0 Å². The van der Waals surface area contributed by atoms with Crippen LogP contribution in [0.5, 0.6) is 0 Å². The van der Waals surface area contributed by atoms with E-state index in [1.165, 1.54) is 4.90 Å². The molecule has 1 aliphatic rings. The Kier molecular flexibility index (Phi) is 3.38. The molecule has 100 valence electrons. The van der Waals surface area contributed by atoms with Gasteiger partial charge in [0.25, 0.3) is 5.91 Å². The quantitative estimate of drug-likeness (QED) is 0.759. The third kappa shape index (κ3) is 2.65. The van der Waals surface area contributed by atoms with E-state index in [0.29, 0.717) is 5.56 Å². The van der Waals surface area contributed by atoms with Gasteiger partial charge in [0.15, 0.2) is 0 Å². The van der Waals surface area contributed by atoms with Crippen LogP contribution in [0.15, 0.2) is 18.2 Å². The number of carbonyl (C=O) groups is 3. The van der Waals surface area contributed by atoms with Gasteiger partial charge >= 0.3 is 0 Å². The van der Waals surface area contributed by atoms with E-state index in [9.17, 15) is 14.4 Å².